The molecule has 1 unspecified atom stereocenters. The van der Waals surface area contributed by atoms with Crippen molar-refractivity contribution in [2.45, 2.75) is 6.42 Å². The number of carbonyl (C=O) groups is 2. The standard InChI is InChI=1S/C12H11Cl2NO3/c1-18-12(17)7-4-11(16)15(6-7)8-2-3-9(13)10(14)5-8/h2-3,5,7H,4,6H2,1H3. The molecule has 0 bridgehead atoms. The number of carbonyl (C=O) groups excluding carboxylic acids is 2. The smallest absolute Gasteiger partial charge is 0.311 e. The van der Waals surface area contributed by atoms with Crippen molar-refractivity contribution in [3.63, 3.8) is 0 Å². The molecule has 18 heavy (non-hydrogen) atoms. The quantitative estimate of drug-likeness (QED) is 0.786. The predicted molar refractivity (Wildman–Crippen MR) is 68.9 cm³/mol. The Hall–Kier alpha value is -1.26. The maximum Gasteiger partial charge on any atom is 0.311 e. The Balaban J connectivity index is 2.21. The van der Waals surface area contributed by atoms with E-state index in [0.717, 1.165) is 0 Å². The fourth-order valence-corrected chi connectivity index (χ4v) is 2.23. The number of amides is 1. The molecule has 0 aliphatic carbocycles. The molecule has 1 amide bonds. The summed E-state index contributed by atoms with van der Waals surface area (Å²) < 4.78 is 4.64. The van der Waals surface area contributed by atoms with Gasteiger partial charge in [0.2, 0.25) is 5.91 Å². The Morgan fingerprint density at radius 2 is 2.11 bits per heavy atom. The van der Waals surface area contributed by atoms with Crippen molar-refractivity contribution in [2.24, 2.45) is 5.92 Å². The van der Waals surface area contributed by atoms with Gasteiger partial charge >= 0.3 is 5.97 Å². The molecule has 1 saturated heterocycles. The van der Waals surface area contributed by atoms with Gasteiger partial charge in [0.05, 0.1) is 23.1 Å². The molecule has 1 aromatic carbocycles. The molecular weight excluding hydrogens is 277 g/mol. The minimum Gasteiger partial charge on any atom is -0.469 e. The van der Waals surface area contributed by atoms with Crippen LogP contribution in [0.3, 0.4) is 0 Å². The third kappa shape index (κ3) is 2.44. The van der Waals surface area contributed by atoms with Crippen LogP contribution in [0.15, 0.2) is 18.2 Å². The van der Waals surface area contributed by atoms with Crippen LogP contribution in [0.4, 0.5) is 5.69 Å². The zero-order chi connectivity index (χ0) is 13.3. The Bertz CT molecular complexity index is 504. The van der Waals surface area contributed by atoms with Crippen molar-refractivity contribution in [3.05, 3.63) is 28.2 Å². The van der Waals surface area contributed by atoms with E-state index in [0.29, 0.717) is 22.3 Å². The van der Waals surface area contributed by atoms with Crippen molar-refractivity contribution in [3.8, 4) is 0 Å². The fraction of sp³-hybridized carbons (Fsp3) is 0.333. The summed E-state index contributed by atoms with van der Waals surface area (Å²) in [6.07, 6.45) is 0.160. The molecule has 4 nitrogen and oxygen atoms in total. The molecule has 2 rings (SSSR count). The third-order valence-electron chi connectivity index (χ3n) is 2.87. The molecule has 0 N–H and O–H groups in total. The van der Waals surface area contributed by atoms with E-state index in [1.807, 2.05) is 0 Å². The third-order valence-corrected chi connectivity index (χ3v) is 3.61. The van der Waals surface area contributed by atoms with Gasteiger partial charge in [0, 0.05) is 18.7 Å². The Labute approximate surface area is 114 Å². The summed E-state index contributed by atoms with van der Waals surface area (Å²) in [4.78, 5) is 24.8. The summed E-state index contributed by atoms with van der Waals surface area (Å²) in [6.45, 7) is 0.309. The van der Waals surface area contributed by atoms with E-state index in [9.17, 15) is 9.59 Å². The maximum atomic E-state index is 11.8. The topological polar surface area (TPSA) is 46.6 Å². The van der Waals surface area contributed by atoms with Gasteiger partial charge in [-0.2, -0.15) is 0 Å². The number of hydrogen-bond donors (Lipinski definition) is 0. The number of rotatable bonds is 2. The van der Waals surface area contributed by atoms with E-state index in [4.69, 9.17) is 23.2 Å². The highest BCUT2D eigenvalue weighted by molar-refractivity contribution is 6.42. The van der Waals surface area contributed by atoms with Gasteiger partial charge in [-0.3, -0.25) is 9.59 Å². The molecule has 1 aliphatic heterocycles. The molecule has 0 radical (unpaired) electrons. The van der Waals surface area contributed by atoms with Gasteiger partial charge in [-0.25, -0.2) is 0 Å². The Morgan fingerprint density at radius 1 is 1.39 bits per heavy atom. The zero-order valence-corrected chi connectivity index (χ0v) is 11.2. The number of esters is 1. The molecule has 0 saturated carbocycles. The van der Waals surface area contributed by atoms with Crippen LogP contribution in [0.1, 0.15) is 6.42 Å². The van der Waals surface area contributed by atoms with Crippen LogP contribution in [-0.4, -0.2) is 25.5 Å². The van der Waals surface area contributed by atoms with E-state index >= 15 is 0 Å². The number of ether oxygens (including phenoxy) is 1. The van der Waals surface area contributed by atoms with Crippen LogP contribution in [0.25, 0.3) is 0 Å². The second-order valence-electron chi connectivity index (χ2n) is 4.03. The lowest BCUT2D eigenvalue weighted by molar-refractivity contribution is -0.145. The lowest BCUT2D eigenvalue weighted by Crippen LogP contribution is -2.26. The SMILES string of the molecule is COC(=O)C1CC(=O)N(c2ccc(Cl)c(Cl)c2)C1. The van der Waals surface area contributed by atoms with Crippen molar-refractivity contribution >= 4 is 40.8 Å². The molecule has 0 aromatic heterocycles. The van der Waals surface area contributed by atoms with Gasteiger partial charge in [-0.05, 0) is 18.2 Å². The first-order valence-corrected chi connectivity index (χ1v) is 6.11. The lowest BCUT2D eigenvalue weighted by Gasteiger charge is -2.16. The molecular formula is C12H11Cl2NO3. The summed E-state index contributed by atoms with van der Waals surface area (Å²) in [5.41, 5.74) is 0.640. The van der Waals surface area contributed by atoms with E-state index in [2.05, 4.69) is 4.74 Å². The zero-order valence-electron chi connectivity index (χ0n) is 9.65. The van der Waals surface area contributed by atoms with Crippen molar-refractivity contribution in [2.75, 3.05) is 18.6 Å². The number of methoxy groups -OCH3 is 1. The predicted octanol–water partition coefficient (Wildman–Crippen LogP) is 2.52. The average Bonchev–Trinajstić information content (AvgIpc) is 2.74. The van der Waals surface area contributed by atoms with E-state index in [-0.39, 0.29) is 18.3 Å². The minimum absolute atomic E-state index is 0.121. The highest BCUT2D eigenvalue weighted by atomic mass is 35.5. The second-order valence-corrected chi connectivity index (χ2v) is 4.84. The van der Waals surface area contributed by atoms with Gasteiger partial charge < -0.3 is 9.64 Å². The summed E-state index contributed by atoms with van der Waals surface area (Å²) in [7, 11) is 1.31. The van der Waals surface area contributed by atoms with E-state index < -0.39 is 5.92 Å². The van der Waals surface area contributed by atoms with Crippen molar-refractivity contribution in [1.82, 2.24) is 0 Å². The maximum absolute atomic E-state index is 11.8. The fourth-order valence-electron chi connectivity index (χ4n) is 1.93. The minimum atomic E-state index is -0.419. The first kappa shape index (κ1) is 13.2. The van der Waals surface area contributed by atoms with Crippen LogP contribution in [0.5, 0.6) is 0 Å². The summed E-state index contributed by atoms with van der Waals surface area (Å²) in [6, 6.07) is 4.94. The Kier molecular flexibility index (Phi) is 3.78. The molecule has 96 valence electrons. The first-order chi connectivity index (χ1) is 8.52. The van der Waals surface area contributed by atoms with Crippen LogP contribution in [-0.2, 0) is 14.3 Å². The van der Waals surface area contributed by atoms with Crippen molar-refractivity contribution < 1.29 is 14.3 Å². The van der Waals surface area contributed by atoms with Gasteiger partial charge in [-0.1, -0.05) is 23.2 Å². The highest BCUT2D eigenvalue weighted by Gasteiger charge is 2.35. The first-order valence-electron chi connectivity index (χ1n) is 5.36. The lowest BCUT2D eigenvalue weighted by atomic mass is 10.1. The summed E-state index contributed by atoms with van der Waals surface area (Å²) >= 11 is 11.7. The number of halogens is 2. The molecule has 1 aliphatic rings. The summed E-state index contributed by atoms with van der Waals surface area (Å²) in [5, 5.41) is 0.806. The molecule has 1 fully saturated rings. The number of nitrogens with zero attached hydrogens (tertiary/aromatic N) is 1. The van der Waals surface area contributed by atoms with Gasteiger partial charge in [0.1, 0.15) is 0 Å². The average molecular weight is 288 g/mol. The van der Waals surface area contributed by atoms with Gasteiger partial charge in [0.15, 0.2) is 0 Å². The largest absolute Gasteiger partial charge is 0.469 e. The Morgan fingerprint density at radius 3 is 2.72 bits per heavy atom. The number of anilines is 1. The molecule has 1 aromatic rings. The number of benzene rings is 1. The van der Waals surface area contributed by atoms with Crippen LogP contribution in [0, 0.1) is 5.92 Å². The van der Waals surface area contributed by atoms with Gasteiger partial charge in [0.25, 0.3) is 0 Å². The van der Waals surface area contributed by atoms with Crippen LogP contribution in [0.2, 0.25) is 10.0 Å². The molecule has 0 spiro atoms. The molecule has 1 heterocycles. The van der Waals surface area contributed by atoms with Crippen LogP contribution >= 0.6 is 23.2 Å². The summed E-state index contributed by atoms with van der Waals surface area (Å²) in [5.74, 6) is -0.911. The highest BCUT2D eigenvalue weighted by Crippen LogP contribution is 2.31. The van der Waals surface area contributed by atoms with E-state index in [1.54, 1.807) is 18.2 Å². The molecule has 1 atom stereocenters. The molecule has 6 heteroatoms. The van der Waals surface area contributed by atoms with Crippen molar-refractivity contribution in [1.29, 1.82) is 0 Å². The second kappa shape index (κ2) is 5.16. The van der Waals surface area contributed by atoms with Crippen LogP contribution < -0.4 is 4.90 Å². The van der Waals surface area contributed by atoms with E-state index in [1.165, 1.54) is 12.0 Å². The number of hydrogen-bond acceptors (Lipinski definition) is 3. The normalized spacial score (nSPS) is 19.2. The van der Waals surface area contributed by atoms with Gasteiger partial charge in [-0.15, -0.1) is 0 Å². The monoisotopic (exact) mass is 287 g/mol.